The normalized spacial score (nSPS) is 15.7. The summed E-state index contributed by atoms with van der Waals surface area (Å²) < 4.78 is 4.58. The molecule has 0 bridgehead atoms. The Bertz CT molecular complexity index is 284. The van der Waals surface area contributed by atoms with E-state index in [1.165, 1.54) is 7.11 Å². The maximum absolute atomic E-state index is 12.1. The number of alkyl carbamates (subject to hydrolysis) is 1. The number of methoxy groups -OCH3 is 1. The molecule has 0 aromatic heterocycles. The lowest BCUT2D eigenvalue weighted by atomic mass is 10.0. The lowest BCUT2D eigenvalue weighted by molar-refractivity contribution is -0.124. The van der Waals surface area contributed by atoms with E-state index in [0.29, 0.717) is 5.92 Å². The molecule has 1 unspecified atom stereocenters. The van der Waals surface area contributed by atoms with Crippen molar-refractivity contribution in [2.24, 2.45) is 11.8 Å². The third-order valence-corrected chi connectivity index (χ3v) is 4.37. The van der Waals surface area contributed by atoms with E-state index < -0.39 is 12.1 Å². The van der Waals surface area contributed by atoms with E-state index in [1.54, 1.807) is 0 Å². The molecular formula is C12H23IN2O3. The lowest BCUT2D eigenvalue weighted by Crippen LogP contribution is -2.51. The molecule has 0 aliphatic rings. The highest BCUT2D eigenvalue weighted by Crippen LogP contribution is 2.14. The van der Waals surface area contributed by atoms with Crippen LogP contribution in [-0.2, 0) is 9.53 Å². The zero-order valence-corrected chi connectivity index (χ0v) is 13.8. The second-order valence-corrected chi connectivity index (χ2v) is 6.00. The fourth-order valence-corrected chi connectivity index (χ4v) is 2.11. The molecule has 18 heavy (non-hydrogen) atoms. The molecule has 3 atom stereocenters. The van der Waals surface area contributed by atoms with Crippen LogP contribution in [0, 0.1) is 11.8 Å². The maximum atomic E-state index is 12.1. The van der Waals surface area contributed by atoms with Crippen LogP contribution in [0.4, 0.5) is 4.79 Å². The number of hydrogen-bond donors (Lipinski definition) is 2. The summed E-state index contributed by atoms with van der Waals surface area (Å²) in [4.78, 5) is 23.3. The van der Waals surface area contributed by atoms with Crippen molar-refractivity contribution >= 4 is 34.6 Å². The van der Waals surface area contributed by atoms with Gasteiger partial charge in [0.25, 0.3) is 0 Å². The number of ether oxygens (including phenoxy) is 1. The van der Waals surface area contributed by atoms with Crippen LogP contribution in [0.1, 0.15) is 34.1 Å². The Hall–Kier alpha value is -0.530. The standard InChI is InChI=1S/C12H23IN2O3/c1-6-8(4)10(13)15-11(16)9(7(2)3)14-12(17)18-5/h7-10H,6H2,1-5H3,(H,14,17)(H,15,16)/t8?,9-,10-/m0/s1. The Morgan fingerprint density at radius 1 is 1.22 bits per heavy atom. The molecular weight excluding hydrogens is 347 g/mol. The predicted octanol–water partition coefficient (Wildman–Crippen LogP) is 2.29. The van der Waals surface area contributed by atoms with Crippen LogP contribution < -0.4 is 10.6 Å². The minimum Gasteiger partial charge on any atom is -0.453 e. The van der Waals surface area contributed by atoms with Crippen LogP contribution >= 0.6 is 22.6 Å². The summed E-state index contributed by atoms with van der Waals surface area (Å²) in [5.74, 6) is 0.222. The topological polar surface area (TPSA) is 67.4 Å². The van der Waals surface area contributed by atoms with Crippen LogP contribution in [0.15, 0.2) is 0 Å². The van der Waals surface area contributed by atoms with Crippen LogP contribution in [0.2, 0.25) is 0 Å². The van der Waals surface area contributed by atoms with Gasteiger partial charge in [-0.25, -0.2) is 4.79 Å². The van der Waals surface area contributed by atoms with Gasteiger partial charge >= 0.3 is 6.09 Å². The van der Waals surface area contributed by atoms with Crippen molar-refractivity contribution in [1.82, 2.24) is 10.6 Å². The van der Waals surface area contributed by atoms with Crippen LogP contribution in [-0.4, -0.2) is 29.2 Å². The molecule has 0 spiro atoms. The van der Waals surface area contributed by atoms with E-state index in [4.69, 9.17) is 0 Å². The van der Waals surface area contributed by atoms with E-state index in [0.717, 1.165) is 6.42 Å². The molecule has 0 saturated carbocycles. The van der Waals surface area contributed by atoms with Crippen LogP contribution in [0.25, 0.3) is 0 Å². The van der Waals surface area contributed by atoms with E-state index in [-0.39, 0.29) is 15.9 Å². The molecule has 0 aliphatic carbocycles. The van der Waals surface area contributed by atoms with Gasteiger partial charge in [0.2, 0.25) is 5.91 Å². The van der Waals surface area contributed by atoms with Crippen LogP contribution in [0.5, 0.6) is 0 Å². The molecule has 0 aromatic rings. The van der Waals surface area contributed by atoms with Gasteiger partial charge in [-0.05, 0) is 11.8 Å². The number of alkyl halides is 1. The first-order chi connectivity index (χ1) is 8.33. The van der Waals surface area contributed by atoms with Gasteiger partial charge in [-0.15, -0.1) is 0 Å². The number of nitrogens with one attached hydrogen (secondary N) is 2. The number of carbonyl (C=O) groups is 2. The molecule has 6 heteroatoms. The number of carbonyl (C=O) groups excluding carboxylic acids is 2. The molecule has 106 valence electrons. The quantitative estimate of drug-likeness (QED) is 0.428. The molecule has 0 radical (unpaired) electrons. The first-order valence-corrected chi connectivity index (χ1v) is 7.36. The average molecular weight is 370 g/mol. The number of rotatable bonds is 6. The average Bonchev–Trinajstić information content (AvgIpc) is 2.33. The third-order valence-electron chi connectivity index (χ3n) is 2.83. The second-order valence-electron chi connectivity index (χ2n) is 4.65. The fourth-order valence-electron chi connectivity index (χ4n) is 1.30. The highest BCUT2D eigenvalue weighted by Gasteiger charge is 2.26. The minimum absolute atomic E-state index is 0.00429. The van der Waals surface area contributed by atoms with Gasteiger partial charge < -0.3 is 15.4 Å². The second kappa shape index (κ2) is 8.55. The largest absolute Gasteiger partial charge is 0.453 e. The van der Waals surface area contributed by atoms with E-state index in [9.17, 15) is 9.59 Å². The molecule has 2 N–H and O–H groups in total. The Morgan fingerprint density at radius 3 is 2.17 bits per heavy atom. The van der Waals surface area contributed by atoms with Crippen LogP contribution in [0.3, 0.4) is 0 Å². The molecule has 0 aliphatic heterocycles. The summed E-state index contributed by atoms with van der Waals surface area (Å²) in [6.07, 6.45) is 0.405. The number of hydrogen-bond acceptors (Lipinski definition) is 3. The first-order valence-electron chi connectivity index (χ1n) is 6.12. The molecule has 0 aromatic carbocycles. The van der Waals surface area contributed by atoms with Crippen molar-refractivity contribution < 1.29 is 14.3 Å². The highest BCUT2D eigenvalue weighted by molar-refractivity contribution is 14.1. The van der Waals surface area contributed by atoms with Gasteiger partial charge in [0.1, 0.15) is 6.04 Å². The molecule has 0 rings (SSSR count). The molecule has 2 amide bonds. The molecule has 0 fully saturated rings. The SMILES string of the molecule is CCC(C)[C@@H](I)NC(=O)[C@@H](NC(=O)OC)C(C)C. The third kappa shape index (κ3) is 5.88. The van der Waals surface area contributed by atoms with Crippen molar-refractivity contribution in [3.63, 3.8) is 0 Å². The zero-order chi connectivity index (χ0) is 14.3. The summed E-state index contributed by atoms with van der Waals surface area (Å²) in [6, 6.07) is -0.571. The van der Waals surface area contributed by atoms with Crippen molar-refractivity contribution in [2.45, 2.75) is 44.2 Å². The van der Waals surface area contributed by atoms with E-state index in [2.05, 4.69) is 51.8 Å². The van der Waals surface area contributed by atoms with Gasteiger partial charge in [0.15, 0.2) is 0 Å². The summed E-state index contributed by atoms with van der Waals surface area (Å²) in [5.41, 5.74) is 0. The fraction of sp³-hybridized carbons (Fsp3) is 0.833. The van der Waals surface area contributed by atoms with Crippen molar-refractivity contribution in [3.05, 3.63) is 0 Å². The number of amides is 2. The molecule has 0 saturated heterocycles. The summed E-state index contributed by atoms with van der Waals surface area (Å²) in [6.45, 7) is 7.92. The number of halogens is 1. The molecule has 5 nitrogen and oxygen atoms in total. The smallest absolute Gasteiger partial charge is 0.407 e. The van der Waals surface area contributed by atoms with Gasteiger partial charge in [-0.3, -0.25) is 4.79 Å². The van der Waals surface area contributed by atoms with Crippen molar-refractivity contribution in [2.75, 3.05) is 7.11 Å². The Kier molecular flexibility index (Phi) is 8.30. The monoisotopic (exact) mass is 370 g/mol. The highest BCUT2D eigenvalue weighted by atomic mass is 127. The lowest BCUT2D eigenvalue weighted by Gasteiger charge is -2.25. The Labute approximate surface area is 123 Å². The van der Waals surface area contributed by atoms with Gasteiger partial charge in [0.05, 0.1) is 11.2 Å². The summed E-state index contributed by atoms with van der Waals surface area (Å²) >= 11 is 2.21. The Morgan fingerprint density at radius 2 is 1.78 bits per heavy atom. The molecule has 0 heterocycles. The Balaban J connectivity index is 4.53. The minimum atomic E-state index is -0.586. The zero-order valence-electron chi connectivity index (χ0n) is 11.6. The van der Waals surface area contributed by atoms with Crippen molar-refractivity contribution in [1.29, 1.82) is 0 Å². The maximum Gasteiger partial charge on any atom is 0.407 e. The first kappa shape index (κ1) is 17.5. The summed E-state index contributed by atoms with van der Waals surface area (Å²) in [7, 11) is 1.28. The summed E-state index contributed by atoms with van der Waals surface area (Å²) in [5, 5.41) is 5.47. The van der Waals surface area contributed by atoms with E-state index >= 15 is 0 Å². The predicted molar refractivity (Wildman–Crippen MR) is 79.6 cm³/mol. The van der Waals surface area contributed by atoms with Gasteiger partial charge in [0, 0.05) is 0 Å². The van der Waals surface area contributed by atoms with Gasteiger partial charge in [-0.1, -0.05) is 56.7 Å². The van der Waals surface area contributed by atoms with Crippen molar-refractivity contribution in [3.8, 4) is 0 Å². The van der Waals surface area contributed by atoms with Gasteiger partial charge in [-0.2, -0.15) is 0 Å². The van der Waals surface area contributed by atoms with E-state index in [1.807, 2.05) is 13.8 Å².